The Bertz CT molecular complexity index is 841. The summed E-state index contributed by atoms with van der Waals surface area (Å²) in [5, 5.41) is 4.44. The second kappa shape index (κ2) is 5.12. The summed E-state index contributed by atoms with van der Waals surface area (Å²) in [5.74, 6) is 1.63. The Kier molecular flexibility index (Phi) is 3.10. The van der Waals surface area contributed by atoms with Crippen molar-refractivity contribution in [3.05, 3.63) is 30.1 Å². The molecule has 6 nitrogen and oxygen atoms in total. The number of carbonyl (C=O) groups is 1. The number of para-hydroxylation sites is 2. The van der Waals surface area contributed by atoms with Crippen molar-refractivity contribution in [1.82, 2.24) is 24.1 Å². The van der Waals surface area contributed by atoms with E-state index in [9.17, 15) is 4.79 Å². The molecule has 4 rings (SSSR count). The lowest BCUT2D eigenvalue weighted by Crippen LogP contribution is -2.37. The van der Waals surface area contributed by atoms with Crippen LogP contribution in [-0.2, 0) is 11.3 Å². The zero-order valence-corrected chi connectivity index (χ0v) is 12.7. The minimum atomic E-state index is 0.170. The van der Waals surface area contributed by atoms with Crippen LogP contribution in [0.15, 0.2) is 24.3 Å². The number of rotatable bonds is 2. The predicted octanol–water partition coefficient (Wildman–Crippen LogP) is 2.00. The van der Waals surface area contributed by atoms with Crippen molar-refractivity contribution >= 4 is 22.7 Å². The average molecular weight is 297 g/mol. The largest absolute Gasteiger partial charge is 0.341 e. The Morgan fingerprint density at radius 1 is 1.14 bits per heavy atom. The molecule has 2 aromatic heterocycles. The summed E-state index contributed by atoms with van der Waals surface area (Å²) in [4.78, 5) is 19.1. The Hall–Kier alpha value is -2.37. The van der Waals surface area contributed by atoms with E-state index in [1.807, 2.05) is 45.2 Å². The van der Waals surface area contributed by atoms with Crippen LogP contribution in [0.3, 0.4) is 0 Å². The Labute approximate surface area is 128 Å². The maximum absolute atomic E-state index is 12.6. The number of fused-ring (bicyclic) bond motifs is 3. The van der Waals surface area contributed by atoms with Crippen molar-refractivity contribution in [2.24, 2.45) is 0 Å². The predicted molar refractivity (Wildman–Crippen MR) is 83.7 cm³/mol. The fourth-order valence-electron chi connectivity index (χ4n) is 3.25. The molecule has 22 heavy (non-hydrogen) atoms. The minimum Gasteiger partial charge on any atom is -0.341 e. The zero-order chi connectivity index (χ0) is 15.1. The molecule has 0 bridgehead atoms. The highest BCUT2D eigenvalue weighted by Gasteiger charge is 2.20. The number of hydrogen-bond acceptors (Lipinski definition) is 3. The highest BCUT2D eigenvalue weighted by atomic mass is 16.2. The molecule has 6 heteroatoms. The van der Waals surface area contributed by atoms with Gasteiger partial charge in [-0.25, -0.2) is 0 Å². The van der Waals surface area contributed by atoms with Crippen LogP contribution in [0.1, 0.15) is 25.1 Å². The number of likely N-dealkylation sites (tertiary alicyclic amines) is 1. The fourth-order valence-corrected chi connectivity index (χ4v) is 3.25. The van der Waals surface area contributed by atoms with Crippen LogP contribution in [0.4, 0.5) is 0 Å². The molecule has 0 unspecified atom stereocenters. The van der Waals surface area contributed by atoms with Crippen molar-refractivity contribution in [1.29, 1.82) is 0 Å². The molecule has 0 saturated carbocycles. The second-order valence-electron chi connectivity index (χ2n) is 5.89. The lowest BCUT2D eigenvalue weighted by Gasteiger charge is -2.26. The van der Waals surface area contributed by atoms with Gasteiger partial charge >= 0.3 is 0 Å². The van der Waals surface area contributed by atoms with E-state index in [0.717, 1.165) is 48.6 Å². The highest BCUT2D eigenvalue weighted by Crippen LogP contribution is 2.20. The number of piperidine rings is 1. The molecule has 1 aliphatic heterocycles. The standard InChI is InChI=1S/C16H19N5O/c1-12-17-16-20(11-15(22)19-9-5-2-6-10-19)13-7-3-4-8-14(13)21(16)18-12/h3-4,7-8H,2,5-6,9-11H2,1H3. The third-order valence-electron chi connectivity index (χ3n) is 4.34. The summed E-state index contributed by atoms with van der Waals surface area (Å²) in [6.07, 6.45) is 3.44. The summed E-state index contributed by atoms with van der Waals surface area (Å²) >= 11 is 0. The molecule has 0 atom stereocenters. The Morgan fingerprint density at radius 3 is 2.64 bits per heavy atom. The van der Waals surface area contributed by atoms with Crippen LogP contribution in [0.2, 0.25) is 0 Å². The first-order chi connectivity index (χ1) is 10.7. The van der Waals surface area contributed by atoms with Gasteiger partial charge in [0.2, 0.25) is 11.7 Å². The molecule has 0 aliphatic carbocycles. The van der Waals surface area contributed by atoms with Crippen LogP contribution < -0.4 is 0 Å². The number of aromatic nitrogens is 4. The molecule has 114 valence electrons. The molecule has 1 aromatic carbocycles. The third-order valence-corrected chi connectivity index (χ3v) is 4.34. The molecule has 3 heterocycles. The molecule has 0 N–H and O–H groups in total. The number of amides is 1. The van der Waals surface area contributed by atoms with Crippen LogP contribution in [0.5, 0.6) is 0 Å². The van der Waals surface area contributed by atoms with Gasteiger partial charge in [0.05, 0.1) is 11.0 Å². The molecule has 1 fully saturated rings. The number of nitrogens with zero attached hydrogens (tertiary/aromatic N) is 5. The van der Waals surface area contributed by atoms with Crippen LogP contribution in [0, 0.1) is 6.92 Å². The minimum absolute atomic E-state index is 0.170. The van der Waals surface area contributed by atoms with Gasteiger partial charge in [-0.3, -0.25) is 9.36 Å². The van der Waals surface area contributed by atoms with Crippen molar-refractivity contribution in [3.63, 3.8) is 0 Å². The van der Waals surface area contributed by atoms with Crippen molar-refractivity contribution in [2.45, 2.75) is 32.7 Å². The van der Waals surface area contributed by atoms with E-state index in [0.29, 0.717) is 6.54 Å². The molecular weight excluding hydrogens is 278 g/mol. The number of carbonyl (C=O) groups excluding carboxylic acids is 1. The number of imidazole rings is 1. The van der Waals surface area contributed by atoms with Gasteiger partial charge in [0.25, 0.3) is 0 Å². The number of benzene rings is 1. The van der Waals surface area contributed by atoms with Gasteiger partial charge in [-0.2, -0.15) is 9.50 Å². The fraction of sp³-hybridized carbons (Fsp3) is 0.438. The van der Waals surface area contributed by atoms with Crippen molar-refractivity contribution in [2.75, 3.05) is 13.1 Å². The summed E-state index contributed by atoms with van der Waals surface area (Å²) in [5.41, 5.74) is 1.99. The van der Waals surface area contributed by atoms with Gasteiger partial charge in [-0.15, -0.1) is 5.10 Å². The van der Waals surface area contributed by atoms with E-state index >= 15 is 0 Å². The molecular formula is C16H19N5O. The summed E-state index contributed by atoms with van der Waals surface area (Å²) in [6.45, 7) is 3.95. The van der Waals surface area contributed by atoms with E-state index in [2.05, 4.69) is 10.1 Å². The normalized spacial score (nSPS) is 15.8. The summed E-state index contributed by atoms with van der Waals surface area (Å²) in [6, 6.07) is 7.99. The zero-order valence-electron chi connectivity index (χ0n) is 12.7. The molecule has 0 spiro atoms. The Balaban J connectivity index is 1.77. The quantitative estimate of drug-likeness (QED) is 0.727. The maximum atomic E-state index is 12.6. The van der Waals surface area contributed by atoms with Gasteiger partial charge in [0, 0.05) is 13.1 Å². The van der Waals surface area contributed by atoms with Gasteiger partial charge in [-0.05, 0) is 38.3 Å². The SMILES string of the molecule is Cc1nc2n(CC(=O)N3CCCCC3)c3ccccc3n2n1. The van der Waals surface area contributed by atoms with Crippen LogP contribution in [-0.4, -0.2) is 43.1 Å². The highest BCUT2D eigenvalue weighted by molar-refractivity contribution is 5.84. The van der Waals surface area contributed by atoms with E-state index in [-0.39, 0.29) is 5.91 Å². The summed E-state index contributed by atoms with van der Waals surface area (Å²) in [7, 11) is 0. The monoisotopic (exact) mass is 297 g/mol. The first-order valence-corrected chi connectivity index (χ1v) is 7.82. The lowest BCUT2D eigenvalue weighted by molar-refractivity contribution is -0.132. The van der Waals surface area contributed by atoms with E-state index in [1.165, 1.54) is 6.42 Å². The van der Waals surface area contributed by atoms with Gasteiger partial charge in [0.1, 0.15) is 12.4 Å². The number of hydrogen-bond donors (Lipinski definition) is 0. The van der Waals surface area contributed by atoms with E-state index < -0.39 is 0 Å². The smallest absolute Gasteiger partial charge is 0.242 e. The van der Waals surface area contributed by atoms with Crippen molar-refractivity contribution in [3.8, 4) is 0 Å². The van der Waals surface area contributed by atoms with E-state index in [1.54, 1.807) is 0 Å². The number of aryl methyl sites for hydroxylation is 1. The Morgan fingerprint density at radius 2 is 1.86 bits per heavy atom. The van der Waals surface area contributed by atoms with Gasteiger partial charge < -0.3 is 4.90 Å². The third kappa shape index (κ3) is 2.06. The molecule has 1 amide bonds. The molecule has 1 aliphatic rings. The van der Waals surface area contributed by atoms with Gasteiger partial charge in [-0.1, -0.05) is 12.1 Å². The first-order valence-electron chi connectivity index (χ1n) is 7.82. The van der Waals surface area contributed by atoms with Crippen molar-refractivity contribution < 1.29 is 4.79 Å². The topological polar surface area (TPSA) is 55.4 Å². The average Bonchev–Trinajstić information content (AvgIpc) is 3.06. The summed E-state index contributed by atoms with van der Waals surface area (Å²) < 4.78 is 3.81. The van der Waals surface area contributed by atoms with E-state index in [4.69, 9.17) is 0 Å². The second-order valence-corrected chi connectivity index (χ2v) is 5.89. The molecule has 0 radical (unpaired) electrons. The first kappa shape index (κ1) is 13.3. The molecule has 1 saturated heterocycles. The van der Waals surface area contributed by atoms with Crippen LogP contribution >= 0.6 is 0 Å². The maximum Gasteiger partial charge on any atom is 0.242 e. The molecule has 3 aromatic rings. The lowest BCUT2D eigenvalue weighted by atomic mass is 10.1. The van der Waals surface area contributed by atoms with Gasteiger partial charge in [0.15, 0.2) is 0 Å². The van der Waals surface area contributed by atoms with Crippen LogP contribution in [0.25, 0.3) is 16.8 Å².